The minimum absolute atomic E-state index is 0.0286. The van der Waals surface area contributed by atoms with Crippen LogP contribution in [0, 0.1) is 5.82 Å². The van der Waals surface area contributed by atoms with Crippen molar-refractivity contribution in [1.29, 1.82) is 0 Å². The highest BCUT2D eigenvalue weighted by molar-refractivity contribution is 6.07. The molecule has 7 heteroatoms. The Balaban J connectivity index is 2.05. The van der Waals surface area contributed by atoms with Gasteiger partial charge in [-0.3, -0.25) is 9.69 Å². The molecule has 3 nitrogen and oxygen atoms in total. The molecule has 3 rings (SSSR count). The van der Waals surface area contributed by atoms with Crippen LogP contribution in [0.3, 0.4) is 0 Å². The second-order valence-corrected chi connectivity index (χ2v) is 5.16. The SMILES string of the molecule is C=Cc1ccc2c(c1)CC(=O)N2c1cc(OC(F)(F)F)ccc1F. The number of ether oxygens (including phenoxy) is 1. The summed E-state index contributed by atoms with van der Waals surface area (Å²) < 4.78 is 55.0. The van der Waals surface area contributed by atoms with Crippen molar-refractivity contribution in [3.63, 3.8) is 0 Å². The Kier molecular flexibility index (Phi) is 3.79. The van der Waals surface area contributed by atoms with Gasteiger partial charge in [-0.15, -0.1) is 13.2 Å². The summed E-state index contributed by atoms with van der Waals surface area (Å²) in [5, 5.41) is 0. The van der Waals surface area contributed by atoms with Gasteiger partial charge >= 0.3 is 6.36 Å². The van der Waals surface area contributed by atoms with Crippen LogP contribution in [0.1, 0.15) is 11.1 Å². The fourth-order valence-corrected chi connectivity index (χ4v) is 2.59. The molecular weight excluding hydrogens is 326 g/mol. The number of hydrogen-bond donors (Lipinski definition) is 0. The van der Waals surface area contributed by atoms with Crippen LogP contribution in [-0.4, -0.2) is 12.3 Å². The molecule has 0 spiro atoms. The largest absolute Gasteiger partial charge is 0.573 e. The molecule has 0 aromatic heterocycles. The Morgan fingerprint density at radius 3 is 2.54 bits per heavy atom. The van der Waals surface area contributed by atoms with Gasteiger partial charge < -0.3 is 4.74 Å². The van der Waals surface area contributed by atoms with Crippen LogP contribution >= 0.6 is 0 Å². The highest BCUT2D eigenvalue weighted by Gasteiger charge is 2.34. The van der Waals surface area contributed by atoms with Gasteiger partial charge in [0.2, 0.25) is 5.91 Å². The average molecular weight is 337 g/mol. The number of rotatable bonds is 3. The minimum atomic E-state index is -4.90. The van der Waals surface area contributed by atoms with Crippen molar-refractivity contribution >= 4 is 23.4 Å². The number of anilines is 2. The maximum atomic E-state index is 14.1. The van der Waals surface area contributed by atoms with Crippen LogP contribution in [-0.2, 0) is 11.2 Å². The van der Waals surface area contributed by atoms with E-state index in [1.54, 1.807) is 24.3 Å². The summed E-state index contributed by atoms with van der Waals surface area (Å²) in [5.41, 5.74) is 1.58. The molecule has 0 bridgehead atoms. The maximum Gasteiger partial charge on any atom is 0.573 e. The molecule has 24 heavy (non-hydrogen) atoms. The molecule has 0 N–H and O–H groups in total. The zero-order chi connectivity index (χ0) is 17.5. The van der Waals surface area contributed by atoms with Crippen molar-refractivity contribution in [3.05, 3.63) is 59.9 Å². The van der Waals surface area contributed by atoms with E-state index in [0.29, 0.717) is 11.3 Å². The van der Waals surface area contributed by atoms with Crippen molar-refractivity contribution in [2.45, 2.75) is 12.8 Å². The van der Waals surface area contributed by atoms with E-state index in [2.05, 4.69) is 11.3 Å². The molecule has 0 aliphatic carbocycles. The predicted octanol–water partition coefficient (Wildman–Crippen LogP) is 4.59. The summed E-state index contributed by atoms with van der Waals surface area (Å²) in [6.07, 6.45) is -3.27. The quantitative estimate of drug-likeness (QED) is 0.767. The molecular formula is C17H11F4NO2. The minimum Gasteiger partial charge on any atom is -0.406 e. The molecule has 0 radical (unpaired) electrons. The lowest BCUT2D eigenvalue weighted by molar-refractivity contribution is -0.274. The number of benzene rings is 2. The second kappa shape index (κ2) is 5.67. The van der Waals surface area contributed by atoms with E-state index in [1.807, 2.05) is 0 Å². The number of alkyl halides is 3. The van der Waals surface area contributed by atoms with Gasteiger partial charge in [-0.05, 0) is 35.4 Å². The molecule has 1 amide bonds. The van der Waals surface area contributed by atoms with Gasteiger partial charge in [-0.2, -0.15) is 0 Å². The fourth-order valence-electron chi connectivity index (χ4n) is 2.59. The van der Waals surface area contributed by atoms with Crippen LogP contribution in [0.15, 0.2) is 43.0 Å². The summed E-state index contributed by atoms with van der Waals surface area (Å²) in [7, 11) is 0. The van der Waals surface area contributed by atoms with Gasteiger partial charge in [-0.25, -0.2) is 4.39 Å². The molecule has 0 saturated carbocycles. The number of carbonyl (C=O) groups excluding carboxylic acids is 1. The normalized spacial score (nSPS) is 13.8. The summed E-state index contributed by atoms with van der Waals surface area (Å²) in [6.45, 7) is 3.63. The molecule has 1 aliphatic heterocycles. The van der Waals surface area contributed by atoms with E-state index in [4.69, 9.17) is 0 Å². The number of amides is 1. The Labute approximate surface area is 134 Å². The molecule has 1 aliphatic rings. The Morgan fingerprint density at radius 1 is 1.12 bits per heavy atom. The molecule has 1 heterocycles. The molecule has 124 valence electrons. The Hall–Kier alpha value is -2.83. The third kappa shape index (κ3) is 2.97. The van der Waals surface area contributed by atoms with Crippen LogP contribution < -0.4 is 9.64 Å². The van der Waals surface area contributed by atoms with Crippen LogP contribution in [0.25, 0.3) is 6.08 Å². The van der Waals surface area contributed by atoms with Crippen LogP contribution in [0.5, 0.6) is 5.75 Å². The zero-order valence-electron chi connectivity index (χ0n) is 12.2. The molecule has 0 fully saturated rings. The fraction of sp³-hybridized carbons (Fsp3) is 0.118. The topological polar surface area (TPSA) is 29.5 Å². The van der Waals surface area contributed by atoms with Crippen LogP contribution in [0.2, 0.25) is 0 Å². The van der Waals surface area contributed by atoms with E-state index in [9.17, 15) is 22.4 Å². The third-order valence-corrected chi connectivity index (χ3v) is 3.56. The highest BCUT2D eigenvalue weighted by atomic mass is 19.4. The maximum absolute atomic E-state index is 14.1. The van der Waals surface area contributed by atoms with Crippen LogP contribution in [0.4, 0.5) is 28.9 Å². The first-order chi connectivity index (χ1) is 11.3. The predicted molar refractivity (Wildman–Crippen MR) is 80.5 cm³/mol. The van der Waals surface area contributed by atoms with Gasteiger partial charge in [0.1, 0.15) is 11.6 Å². The number of halogens is 4. The summed E-state index contributed by atoms with van der Waals surface area (Å²) >= 11 is 0. The van der Waals surface area contributed by atoms with E-state index in [-0.39, 0.29) is 12.1 Å². The molecule has 0 atom stereocenters. The smallest absolute Gasteiger partial charge is 0.406 e. The third-order valence-electron chi connectivity index (χ3n) is 3.56. The number of fused-ring (bicyclic) bond motifs is 1. The number of hydrogen-bond acceptors (Lipinski definition) is 2. The Morgan fingerprint density at radius 2 is 1.88 bits per heavy atom. The van der Waals surface area contributed by atoms with Crippen molar-refractivity contribution in [2.24, 2.45) is 0 Å². The molecule has 0 unspecified atom stereocenters. The summed E-state index contributed by atoms with van der Waals surface area (Å²) in [4.78, 5) is 13.3. The van der Waals surface area contributed by atoms with E-state index in [1.165, 1.54) is 0 Å². The van der Waals surface area contributed by atoms with Gasteiger partial charge in [0.05, 0.1) is 17.8 Å². The van der Waals surface area contributed by atoms with Gasteiger partial charge in [-0.1, -0.05) is 18.7 Å². The molecule has 0 saturated heterocycles. The van der Waals surface area contributed by atoms with E-state index >= 15 is 0 Å². The number of carbonyl (C=O) groups is 1. The Bertz CT molecular complexity index is 830. The lowest BCUT2D eigenvalue weighted by atomic mass is 10.1. The van der Waals surface area contributed by atoms with E-state index in [0.717, 1.165) is 28.7 Å². The summed E-state index contributed by atoms with van der Waals surface area (Å²) in [5.74, 6) is -1.85. The van der Waals surface area contributed by atoms with Crippen molar-refractivity contribution in [3.8, 4) is 5.75 Å². The number of nitrogens with zero attached hydrogens (tertiary/aromatic N) is 1. The van der Waals surface area contributed by atoms with E-state index < -0.39 is 23.8 Å². The monoisotopic (exact) mass is 337 g/mol. The highest BCUT2D eigenvalue weighted by Crippen LogP contribution is 2.39. The molecule has 2 aromatic carbocycles. The lowest BCUT2D eigenvalue weighted by Crippen LogP contribution is -2.22. The van der Waals surface area contributed by atoms with Crippen molar-refractivity contribution in [1.82, 2.24) is 0 Å². The van der Waals surface area contributed by atoms with Crippen molar-refractivity contribution in [2.75, 3.05) is 4.90 Å². The van der Waals surface area contributed by atoms with Gasteiger partial charge in [0, 0.05) is 6.07 Å². The molecule has 2 aromatic rings. The van der Waals surface area contributed by atoms with Crippen molar-refractivity contribution < 1.29 is 27.1 Å². The second-order valence-electron chi connectivity index (χ2n) is 5.16. The van der Waals surface area contributed by atoms with Gasteiger partial charge in [0.25, 0.3) is 0 Å². The average Bonchev–Trinajstić information content (AvgIpc) is 2.82. The summed E-state index contributed by atoms with van der Waals surface area (Å²) in [6, 6.07) is 7.57. The first kappa shape index (κ1) is 16.0. The van der Waals surface area contributed by atoms with Gasteiger partial charge in [0.15, 0.2) is 0 Å². The first-order valence-electron chi connectivity index (χ1n) is 6.92. The zero-order valence-corrected chi connectivity index (χ0v) is 12.2. The first-order valence-corrected chi connectivity index (χ1v) is 6.92. The lowest BCUT2D eigenvalue weighted by Gasteiger charge is -2.19. The standard InChI is InChI=1S/C17H11F4NO2/c1-2-10-3-6-14-11(7-10)8-16(23)22(14)15-9-12(4-5-13(15)18)24-17(19,20)21/h2-7,9H,1,8H2.